The number of amides is 1. The van der Waals surface area contributed by atoms with Crippen molar-refractivity contribution in [1.82, 2.24) is 30.4 Å². The summed E-state index contributed by atoms with van der Waals surface area (Å²) in [7, 11) is 0. The maximum atomic E-state index is 14.3. The lowest BCUT2D eigenvalue weighted by Gasteiger charge is -2.49. The van der Waals surface area contributed by atoms with Gasteiger partial charge in [0.25, 0.3) is 0 Å². The Kier molecular flexibility index (Phi) is 7.49. The van der Waals surface area contributed by atoms with Gasteiger partial charge in [-0.2, -0.15) is 0 Å². The molecule has 222 valence electrons. The third kappa shape index (κ3) is 4.90. The number of carbonyl (C=O) groups is 1. The molecule has 1 N–H and O–H groups in total. The number of thioether (sulfide) groups is 1. The Morgan fingerprint density at radius 3 is 1.89 bits per heavy atom. The zero-order valence-corrected chi connectivity index (χ0v) is 26.5. The highest BCUT2D eigenvalue weighted by atomic mass is 35.5. The van der Waals surface area contributed by atoms with Gasteiger partial charge in [0.15, 0.2) is 5.82 Å². The Hall–Kier alpha value is -3.69. The highest BCUT2D eigenvalue weighted by Crippen LogP contribution is 2.57. The second-order valence-corrected chi connectivity index (χ2v) is 14.3. The molecule has 2 aliphatic heterocycles. The third-order valence-corrected chi connectivity index (χ3v) is 10.5. The minimum absolute atomic E-state index is 0.0191. The summed E-state index contributed by atoms with van der Waals surface area (Å²) in [6.45, 7) is 4.69. The molecule has 7 rings (SSSR count). The molecular weight excluding hydrogens is 611 g/mol. The second kappa shape index (κ2) is 11.3. The summed E-state index contributed by atoms with van der Waals surface area (Å²) in [6.07, 6.45) is 0. The lowest BCUT2D eigenvalue weighted by atomic mass is 9.76. The maximum absolute atomic E-state index is 14.3. The van der Waals surface area contributed by atoms with Crippen LogP contribution in [0, 0.1) is 0 Å². The summed E-state index contributed by atoms with van der Waals surface area (Å²) in [6, 6.07) is 35.7. The number of benzene rings is 4. The normalized spacial score (nSPS) is 20.8. The van der Waals surface area contributed by atoms with E-state index in [1.807, 2.05) is 71.6 Å². The Labute approximate surface area is 270 Å². The molecule has 1 aromatic heterocycles. The van der Waals surface area contributed by atoms with E-state index in [1.54, 1.807) is 22.5 Å². The van der Waals surface area contributed by atoms with Crippen LogP contribution in [-0.4, -0.2) is 47.2 Å². The maximum Gasteiger partial charge on any atom is 0.244 e. The second-order valence-electron chi connectivity index (χ2n) is 11.7. The molecule has 2 saturated heterocycles. The van der Waals surface area contributed by atoms with E-state index < -0.39 is 11.6 Å². The Morgan fingerprint density at radius 1 is 0.841 bits per heavy atom. The molecule has 0 radical (unpaired) electrons. The van der Waals surface area contributed by atoms with E-state index in [4.69, 9.17) is 23.2 Å². The van der Waals surface area contributed by atoms with Crippen molar-refractivity contribution in [3.8, 4) is 0 Å². The van der Waals surface area contributed by atoms with Crippen LogP contribution >= 0.6 is 35.0 Å². The molecule has 0 spiro atoms. The Morgan fingerprint density at radius 2 is 1.36 bits per heavy atom. The first-order valence-corrected chi connectivity index (χ1v) is 16.1. The van der Waals surface area contributed by atoms with Crippen molar-refractivity contribution in [3.63, 3.8) is 0 Å². The van der Waals surface area contributed by atoms with Gasteiger partial charge in [-0.3, -0.25) is 10.1 Å². The van der Waals surface area contributed by atoms with Crippen LogP contribution in [0.15, 0.2) is 109 Å². The van der Waals surface area contributed by atoms with Gasteiger partial charge in [-0.25, -0.2) is 4.68 Å². The van der Waals surface area contributed by atoms with Gasteiger partial charge >= 0.3 is 0 Å². The van der Waals surface area contributed by atoms with Crippen LogP contribution in [0.4, 0.5) is 0 Å². The number of tetrazole rings is 1. The van der Waals surface area contributed by atoms with Crippen LogP contribution in [0.3, 0.4) is 0 Å². The number of halogens is 2. The van der Waals surface area contributed by atoms with E-state index in [-0.39, 0.29) is 22.1 Å². The topological polar surface area (TPSA) is 75.9 Å². The van der Waals surface area contributed by atoms with E-state index in [2.05, 4.69) is 71.1 Å². The van der Waals surface area contributed by atoms with E-state index in [0.29, 0.717) is 22.4 Å². The third-order valence-electron chi connectivity index (χ3n) is 8.49. The number of carbonyl (C=O) groups excluding carboxylic acids is 1. The number of aromatic nitrogens is 4. The number of fused-ring (bicyclic) bond motifs is 1. The number of rotatable bonds is 8. The molecule has 2 aliphatic rings. The smallest absolute Gasteiger partial charge is 0.244 e. The first-order valence-electron chi connectivity index (χ1n) is 14.4. The minimum atomic E-state index is -0.758. The number of nitrogens with zero attached hydrogens (tertiary/aromatic N) is 5. The molecule has 10 heteroatoms. The quantitative estimate of drug-likeness (QED) is 0.150. The Balaban J connectivity index is 1.26. The minimum Gasteiger partial charge on any atom is -0.315 e. The fraction of sp³-hybridized carbons (Fsp3) is 0.235. The van der Waals surface area contributed by atoms with Gasteiger partial charge in [-0.1, -0.05) is 114 Å². The molecule has 0 saturated carbocycles. The summed E-state index contributed by atoms with van der Waals surface area (Å²) >= 11 is 14.3. The van der Waals surface area contributed by atoms with Crippen molar-refractivity contribution in [2.24, 2.45) is 0 Å². The summed E-state index contributed by atoms with van der Waals surface area (Å²) < 4.78 is 1.39. The molecular formula is C34H30Cl2N6OS. The molecule has 3 heterocycles. The SMILES string of the molecule is CC1(C)S[C@@H]2C(NC(c3ccccc3)(c3ccccc3)c3ccccc3)C(=O)N2C1c1nnnn1Cc1cc(Cl)cc(Cl)c1. The molecule has 44 heavy (non-hydrogen) atoms. The molecule has 4 aromatic carbocycles. The summed E-state index contributed by atoms with van der Waals surface area (Å²) in [5.74, 6) is 0.652. The largest absolute Gasteiger partial charge is 0.315 e. The van der Waals surface area contributed by atoms with E-state index in [1.165, 1.54) is 0 Å². The summed E-state index contributed by atoms with van der Waals surface area (Å²) in [5.41, 5.74) is 3.31. The van der Waals surface area contributed by atoms with Gasteiger partial charge in [-0.15, -0.1) is 16.9 Å². The molecule has 3 atom stereocenters. The molecule has 5 aromatic rings. The van der Waals surface area contributed by atoms with Crippen LogP contribution in [0.5, 0.6) is 0 Å². The van der Waals surface area contributed by atoms with Gasteiger partial charge < -0.3 is 4.90 Å². The van der Waals surface area contributed by atoms with Crippen molar-refractivity contribution in [2.45, 2.75) is 48.1 Å². The van der Waals surface area contributed by atoms with Gasteiger partial charge in [0.2, 0.25) is 5.91 Å². The summed E-state index contributed by atoms with van der Waals surface area (Å²) in [4.78, 5) is 16.3. The van der Waals surface area contributed by atoms with E-state index in [9.17, 15) is 4.79 Å². The standard InChI is InChI=1S/C34H30Cl2N6OS/c1-33(2)29(30-38-39-40-41(30)21-22-18-26(35)20-27(36)19-22)42-31(43)28(32(42)44-33)37-34(23-12-6-3-7-13-23,24-14-8-4-9-15-24)25-16-10-5-11-17-25/h3-20,28-29,32,37H,21H2,1-2H3/t28?,29?,32-/m1/s1. The van der Waals surface area contributed by atoms with E-state index in [0.717, 1.165) is 22.3 Å². The Bertz CT molecular complexity index is 1680. The average molecular weight is 642 g/mol. The van der Waals surface area contributed by atoms with Crippen molar-refractivity contribution < 1.29 is 4.79 Å². The highest BCUT2D eigenvalue weighted by Gasteiger charge is 2.64. The van der Waals surface area contributed by atoms with Gasteiger partial charge in [0, 0.05) is 14.8 Å². The van der Waals surface area contributed by atoms with Gasteiger partial charge in [0.05, 0.1) is 12.1 Å². The lowest BCUT2D eigenvalue weighted by molar-refractivity contribution is -0.150. The molecule has 2 unspecified atom stereocenters. The predicted molar refractivity (Wildman–Crippen MR) is 175 cm³/mol. The average Bonchev–Trinajstić information content (AvgIpc) is 3.57. The number of β-lactam (4-membered cyclic amide) rings is 1. The summed E-state index contributed by atoms with van der Waals surface area (Å²) in [5, 5.41) is 17.6. The molecule has 0 bridgehead atoms. The van der Waals surface area contributed by atoms with Crippen molar-refractivity contribution >= 4 is 40.9 Å². The number of hydrogen-bond donors (Lipinski definition) is 1. The fourth-order valence-corrected chi connectivity index (χ4v) is 8.81. The van der Waals surface area contributed by atoms with Crippen LogP contribution in [-0.2, 0) is 16.9 Å². The van der Waals surface area contributed by atoms with Gasteiger partial charge in [0.1, 0.15) is 17.5 Å². The van der Waals surface area contributed by atoms with Crippen LogP contribution in [0.25, 0.3) is 0 Å². The zero-order valence-electron chi connectivity index (χ0n) is 24.1. The first kappa shape index (κ1) is 29.0. The van der Waals surface area contributed by atoms with Crippen molar-refractivity contribution in [3.05, 3.63) is 147 Å². The van der Waals surface area contributed by atoms with Crippen LogP contribution in [0.2, 0.25) is 10.0 Å². The van der Waals surface area contributed by atoms with Crippen molar-refractivity contribution in [2.75, 3.05) is 0 Å². The monoisotopic (exact) mass is 640 g/mol. The highest BCUT2D eigenvalue weighted by molar-refractivity contribution is 8.01. The number of hydrogen-bond acceptors (Lipinski definition) is 6. The van der Waals surface area contributed by atoms with Crippen LogP contribution < -0.4 is 5.32 Å². The fourth-order valence-electron chi connectivity index (χ4n) is 6.61. The first-order chi connectivity index (χ1) is 21.3. The molecule has 1 amide bonds. The van der Waals surface area contributed by atoms with Crippen LogP contribution in [0.1, 0.15) is 48.0 Å². The number of nitrogens with one attached hydrogen (secondary N) is 1. The molecule has 7 nitrogen and oxygen atoms in total. The lowest BCUT2D eigenvalue weighted by Crippen LogP contribution is -2.70. The zero-order chi connectivity index (χ0) is 30.5. The van der Waals surface area contributed by atoms with Gasteiger partial charge in [-0.05, 0) is 64.7 Å². The van der Waals surface area contributed by atoms with E-state index >= 15 is 0 Å². The van der Waals surface area contributed by atoms with Crippen molar-refractivity contribution in [1.29, 1.82) is 0 Å². The predicted octanol–water partition coefficient (Wildman–Crippen LogP) is 6.71. The molecule has 2 fully saturated rings. The molecule has 0 aliphatic carbocycles.